The van der Waals surface area contributed by atoms with E-state index in [1.54, 1.807) is 31.2 Å². The number of phenols is 1. The predicted molar refractivity (Wildman–Crippen MR) is 96.3 cm³/mol. The lowest BCUT2D eigenvalue weighted by atomic mass is 10.1. The molecule has 24 heavy (non-hydrogen) atoms. The molecule has 0 spiro atoms. The zero-order chi connectivity index (χ0) is 17.8. The molecule has 4 nitrogen and oxygen atoms in total. The quantitative estimate of drug-likeness (QED) is 0.332. The molecular formula is C20H30O4. The van der Waals surface area contributed by atoms with E-state index < -0.39 is 0 Å². The van der Waals surface area contributed by atoms with Crippen molar-refractivity contribution in [3.05, 3.63) is 36.4 Å². The maximum Gasteiger partial charge on any atom is 0.333 e. The molecule has 0 saturated carbocycles. The summed E-state index contributed by atoms with van der Waals surface area (Å²) in [5.74, 6) is 0.729. The molecule has 0 saturated heterocycles. The lowest BCUT2D eigenvalue weighted by Gasteiger charge is -2.19. The normalized spacial score (nSPS) is 11.8. The number of rotatable bonds is 12. The van der Waals surface area contributed by atoms with E-state index >= 15 is 0 Å². The summed E-state index contributed by atoms with van der Waals surface area (Å²) >= 11 is 0. The summed E-state index contributed by atoms with van der Waals surface area (Å²) in [7, 11) is 0. The highest BCUT2D eigenvalue weighted by atomic mass is 16.5. The SMILES string of the molecule is C=C(C)C(=O)OCCCCCC(CCCC)Oc1ccc(O)cc1. The van der Waals surface area contributed by atoms with Gasteiger partial charge in [-0.3, -0.25) is 0 Å². The monoisotopic (exact) mass is 334 g/mol. The van der Waals surface area contributed by atoms with Crippen LogP contribution in [0.1, 0.15) is 58.8 Å². The molecule has 0 heterocycles. The van der Waals surface area contributed by atoms with Crippen LogP contribution in [0.15, 0.2) is 36.4 Å². The van der Waals surface area contributed by atoms with Gasteiger partial charge in [-0.05, 0) is 63.3 Å². The average molecular weight is 334 g/mol. The minimum atomic E-state index is -0.313. The first-order valence-corrected chi connectivity index (χ1v) is 8.81. The Morgan fingerprint density at radius 3 is 2.42 bits per heavy atom. The zero-order valence-electron chi connectivity index (χ0n) is 14.9. The minimum absolute atomic E-state index is 0.187. The number of unbranched alkanes of at least 4 members (excludes halogenated alkanes) is 3. The standard InChI is InChI=1S/C20H30O4/c1-4-5-9-18(24-19-13-11-17(21)12-14-19)10-7-6-8-15-23-20(22)16(2)3/h11-14,18,21H,2,4-10,15H2,1,3H3. The number of carbonyl (C=O) groups excluding carboxylic acids is 1. The van der Waals surface area contributed by atoms with Crippen LogP contribution in [-0.2, 0) is 9.53 Å². The Morgan fingerprint density at radius 1 is 1.12 bits per heavy atom. The summed E-state index contributed by atoms with van der Waals surface area (Å²) in [6, 6.07) is 6.88. The smallest absolute Gasteiger partial charge is 0.333 e. The Labute approximate surface area is 145 Å². The molecule has 1 unspecified atom stereocenters. The average Bonchev–Trinajstić information content (AvgIpc) is 2.57. The summed E-state index contributed by atoms with van der Waals surface area (Å²) < 4.78 is 11.1. The van der Waals surface area contributed by atoms with Crippen LogP contribution in [0.5, 0.6) is 11.5 Å². The van der Waals surface area contributed by atoms with Crippen LogP contribution in [0.2, 0.25) is 0 Å². The third-order valence-electron chi connectivity index (χ3n) is 3.77. The van der Waals surface area contributed by atoms with Gasteiger partial charge in [-0.25, -0.2) is 4.79 Å². The van der Waals surface area contributed by atoms with Gasteiger partial charge in [0.05, 0.1) is 12.7 Å². The fourth-order valence-electron chi connectivity index (χ4n) is 2.35. The summed E-state index contributed by atoms with van der Waals surface area (Å²) in [6.45, 7) is 7.84. The molecule has 0 fully saturated rings. The maximum atomic E-state index is 11.3. The van der Waals surface area contributed by atoms with Crippen molar-refractivity contribution in [1.82, 2.24) is 0 Å². The molecule has 1 aromatic carbocycles. The highest BCUT2D eigenvalue weighted by molar-refractivity contribution is 5.86. The Balaban J connectivity index is 2.28. The fourth-order valence-corrected chi connectivity index (χ4v) is 2.35. The first-order chi connectivity index (χ1) is 11.5. The van der Waals surface area contributed by atoms with Crippen LogP contribution in [0, 0.1) is 0 Å². The minimum Gasteiger partial charge on any atom is -0.508 e. The summed E-state index contributed by atoms with van der Waals surface area (Å²) in [5, 5.41) is 9.33. The van der Waals surface area contributed by atoms with Gasteiger partial charge in [-0.1, -0.05) is 26.3 Å². The first-order valence-electron chi connectivity index (χ1n) is 8.81. The van der Waals surface area contributed by atoms with E-state index in [2.05, 4.69) is 13.5 Å². The van der Waals surface area contributed by atoms with Crippen LogP contribution in [0.4, 0.5) is 0 Å². The van der Waals surface area contributed by atoms with Crippen molar-refractivity contribution in [3.63, 3.8) is 0 Å². The van der Waals surface area contributed by atoms with Crippen molar-refractivity contribution in [2.75, 3.05) is 6.61 Å². The fraction of sp³-hybridized carbons (Fsp3) is 0.550. The van der Waals surface area contributed by atoms with Crippen molar-refractivity contribution in [2.24, 2.45) is 0 Å². The number of hydrogen-bond acceptors (Lipinski definition) is 4. The molecule has 1 aromatic rings. The number of benzene rings is 1. The van der Waals surface area contributed by atoms with Gasteiger partial charge in [-0.15, -0.1) is 0 Å². The molecule has 0 bridgehead atoms. The van der Waals surface area contributed by atoms with Gasteiger partial charge in [-0.2, -0.15) is 0 Å². The van der Waals surface area contributed by atoms with Crippen molar-refractivity contribution < 1.29 is 19.4 Å². The second-order valence-electron chi connectivity index (χ2n) is 6.14. The van der Waals surface area contributed by atoms with E-state index in [4.69, 9.17) is 9.47 Å². The Hall–Kier alpha value is -1.97. The van der Waals surface area contributed by atoms with Gasteiger partial charge in [0, 0.05) is 5.57 Å². The van der Waals surface area contributed by atoms with E-state index in [1.807, 2.05) is 0 Å². The largest absolute Gasteiger partial charge is 0.508 e. The molecule has 0 aliphatic heterocycles. The molecule has 1 N–H and O–H groups in total. The third-order valence-corrected chi connectivity index (χ3v) is 3.77. The molecule has 1 atom stereocenters. The van der Waals surface area contributed by atoms with Gasteiger partial charge in [0.1, 0.15) is 11.5 Å². The summed E-state index contributed by atoms with van der Waals surface area (Å²) in [5.41, 5.74) is 0.442. The van der Waals surface area contributed by atoms with Crippen molar-refractivity contribution in [3.8, 4) is 11.5 Å². The number of esters is 1. The number of aromatic hydroxyl groups is 1. The van der Waals surface area contributed by atoms with Crippen molar-refractivity contribution in [2.45, 2.75) is 64.9 Å². The van der Waals surface area contributed by atoms with Crippen molar-refractivity contribution >= 4 is 5.97 Å². The molecule has 4 heteroatoms. The molecular weight excluding hydrogens is 304 g/mol. The van der Waals surface area contributed by atoms with Crippen molar-refractivity contribution in [1.29, 1.82) is 0 Å². The van der Waals surface area contributed by atoms with E-state index in [9.17, 15) is 9.90 Å². The van der Waals surface area contributed by atoms with Gasteiger partial charge >= 0.3 is 5.97 Å². The molecule has 0 aliphatic carbocycles. The Morgan fingerprint density at radius 2 is 1.79 bits per heavy atom. The maximum absolute atomic E-state index is 11.3. The number of phenolic OH excluding ortho intramolecular Hbond substituents is 1. The van der Waals surface area contributed by atoms with Gasteiger partial charge < -0.3 is 14.6 Å². The number of carbonyl (C=O) groups is 1. The van der Waals surface area contributed by atoms with E-state index in [0.29, 0.717) is 12.2 Å². The molecule has 0 radical (unpaired) electrons. The Bertz CT molecular complexity index is 493. The molecule has 1 rings (SSSR count). The van der Waals surface area contributed by atoms with Crippen LogP contribution in [0.25, 0.3) is 0 Å². The molecule has 0 aliphatic rings. The third kappa shape index (κ3) is 8.61. The summed E-state index contributed by atoms with van der Waals surface area (Å²) in [6.07, 6.45) is 7.39. The first kappa shape index (κ1) is 20.1. The van der Waals surface area contributed by atoms with Gasteiger partial charge in [0.25, 0.3) is 0 Å². The van der Waals surface area contributed by atoms with E-state index in [-0.39, 0.29) is 17.8 Å². The lowest BCUT2D eigenvalue weighted by Crippen LogP contribution is -2.16. The lowest BCUT2D eigenvalue weighted by molar-refractivity contribution is -0.139. The highest BCUT2D eigenvalue weighted by Crippen LogP contribution is 2.21. The second kappa shape index (κ2) is 11.5. The number of ether oxygens (including phenoxy) is 2. The molecule has 0 amide bonds. The Kier molecular flexibility index (Phi) is 9.66. The van der Waals surface area contributed by atoms with Crippen LogP contribution in [-0.4, -0.2) is 23.8 Å². The topological polar surface area (TPSA) is 55.8 Å². The van der Waals surface area contributed by atoms with E-state index in [1.165, 1.54) is 0 Å². The predicted octanol–water partition coefficient (Wildman–Crippen LogP) is 5.01. The van der Waals surface area contributed by atoms with Crippen LogP contribution in [0.3, 0.4) is 0 Å². The van der Waals surface area contributed by atoms with Gasteiger partial charge in [0.15, 0.2) is 0 Å². The van der Waals surface area contributed by atoms with Crippen LogP contribution >= 0.6 is 0 Å². The molecule has 134 valence electrons. The second-order valence-corrected chi connectivity index (χ2v) is 6.14. The van der Waals surface area contributed by atoms with E-state index in [0.717, 1.165) is 50.7 Å². The highest BCUT2D eigenvalue weighted by Gasteiger charge is 2.10. The van der Waals surface area contributed by atoms with Gasteiger partial charge in [0.2, 0.25) is 0 Å². The molecule has 0 aromatic heterocycles. The zero-order valence-corrected chi connectivity index (χ0v) is 14.9. The summed E-state index contributed by atoms with van der Waals surface area (Å²) in [4.78, 5) is 11.3. The van der Waals surface area contributed by atoms with Crippen LogP contribution < -0.4 is 4.74 Å². The number of hydrogen-bond donors (Lipinski definition) is 1.